The van der Waals surface area contributed by atoms with Crippen LogP contribution in [-0.2, 0) is 0 Å². The van der Waals surface area contributed by atoms with Crippen molar-refractivity contribution in [1.82, 2.24) is 10.2 Å². The highest BCUT2D eigenvalue weighted by Crippen LogP contribution is 2.36. The van der Waals surface area contributed by atoms with Gasteiger partial charge in [0.25, 0.3) is 0 Å². The molecule has 17 heavy (non-hydrogen) atoms. The Morgan fingerprint density at radius 2 is 1.88 bits per heavy atom. The highest BCUT2D eigenvalue weighted by molar-refractivity contribution is 4.88. The Morgan fingerprint density at radius 1 is 1.12 bits per heavy atom. The number of nitrogens with one attached hydrogen (secondary N) is 1. The van der Waals surface area contributed by atoms with E-state index in [2.05, 4.69) is 37.9 Å². The molecular weight excluding hydrogens is 208 g/mol. The highest BCUT2D eigenvalue weighted by atomic mass is 15.2. The molecule has 3 atom stereocenters. The van der Waals surface area contributed by atoms with Crippen molar-refractivity contribution in [3.8, 4) is 0 Å². The van der Waals surface area contributed by atoms with Gasteiger partial charge in [0.2, 0.25) is 0 Å². The molecule has 100 valence electrons. The van der Waals surface area contributed by atoms with Crippen molar-refractivity contribution >= 4 is 0 Å². The van der Waals surface area contributed by atoms with E-state index in [0.717, 1.165) is 12.1 Å². The van der Waals surface area contributed by atoms with Gasteiger partial charge in [-0.05, 0) is 44.9 Å². The van der Waals surface area contributed by atoms with Gasteiger partial charge >= 0.3 is 0 Å². The molecule has 0 aromatic rings. The molecule has 1 saturated carbocycles. The zero-order chi connectivity index (χ0) is 12.5. The van der Waals surface area contributed by atoms with Gasteiger partial charge < -0.3 is 5.32 Å². The number of hydrogen-bond donors (Lipinski definition) is 1. The summed E-state index contributed by atoms with van der Waals surface area (Å²) >= 11 is 0. The Bertz CT molecular complexity index is 249. The summed E-state index contributed by atoms with van der Waals surface area (Å²) in [7, 11) is 0. The summed E-state index contributed by atoms with van der Waals surface area (Å²) < 4.78 is 0. The van der Waals surface area contributed by atoms with Crippen molar-refractivity contribution in [3.63, 3.8) is 0 Å². The zero-order valence-electron chi connectivity index (χ0n) is 12.1. The fraction of sp³-hybridized carbons (Fsp3) is 1.00. The fourth-order valence-corrected chi connectivity index (χ4v) is 3.53. The lowest BCUT2D eigenvalue weighted by atomic mass is 9.85. The van der Waals surface area contributed by atoms with Crippen molar-refractivity contribution in [1.29, 1.82) is 0 Å². The van der Waals surface area contributed by atoms with Gasteiger partial charge in [-0.25, -0.2) is 0 Å². The summed E-state index contributed by atoms with van der Waals surface area (Å²) in [5.41, 5.74) is 0.581. The second-order valence-corrected chi connectivity index (χ2v) is 7.10. The minimum absolute atomic E-state index is 0.581. The van der Waals surface area contributed by atoms with Crippen LogP contribution in [0.2, 0.25) is 0 Å². The second-order valence-electron chi connectivity index (χ2n) is 7.10. The third-order valence-electron chi connectivity index (χ3n) is 4.83. The van der Waals surface area contributed by atoms with Crippen LogP contribution >= 0.6 is 0 Å². The minimum atomic E-state index is 0.581. The largest absolute Gasteiger partial charge is 0.311 e. The molecule has 2 nitrogen and oxygen atoms in total. The zero-order valence-corrected chi connectivity index (χ0v) is 12.1. The monoisotopic (exact) mass is 238 g/mol. The lowest BCUT2D eigenvalue weighted by Crippen LogP contribution is -2.57. The fourth-order valence-electron chi connectivity index (χ4n) is 3.53. The predicted octanol–water partition coefficient (Wildman–Crippen LogP) is 3.03. The average Bonchev–Trinajstić information content (AvgIpc) is 2.43. The Hall–Kier alpha value is -0.0800. The average molecular weight is 238 g/mol. The third kappa shape index (κ3) is 3.45. The SMILES string of the molecule is CC1CN(C2CCCC(C)(C)CC2)C(C)CN1. The summed E-state index contributed by atoms with van der Waals surface area (Å²) in [6.07, 6.45) is 7.06. The van der Waals surface area contributed by atoms with Crippen molar-refractivity contribution < 1.29 is 0 Å². The molecule has 1 saturated heterocycles. The van der Waals surface area contributed by atoms with Crippen molar-refractivity contribution in [2.75, 3.05) is 13.1 Å². The van der Waals surface area contributed by atoms with Gasteiger partial charge in [0.05, 0.1) is 0 Å². The topological polar surface area (TPSA) is 15.3 Å². The van der Waals surface area contributed by atoms with Gasteiger partial charge in [-0.3, -0.25) is 4.90 Å². The maximum atomic E-state index is 3.59. The number of rotatable bonds is 1. The van der Waals surface area contributed by atoms with E-state index in [0.29, 0.717) is 11.5 Å². The van der Waals surface area contributed by atoms with Crippen LogP contribution in [0.4, 0.5) is 0 Å². The van der Waals surface area contributed by atoms with E-state index >= 15 is 0 Å². The predicted molar refractivity (Wildman–Crippen MR) is 74.3 cm³/mol. The molecule has 1 aliphatic carbocycles. The molecule has 0 aromatic carbocycles. The Morgan fingerprint density at radius 3 is 2.65 bits per heavy atom. The molecule has 3 unspecified atom stereocenters. The van der Waals surface area contributed by atoms with E-state index in [4.69, 9.17) is 0 Å². The van der Waals surface area contributed by atoms with Gasteiger partial charge in [-0.2, -0.15) is 0 Å². The molecule has 0 spiro atoms. The molecule has 0 radical (unpaired) electrons. The third-order valence-corrected chi connectivity index (χ3v) is 4.83. The van der Waals surface area contributed by atoms with Crippen LogP contribution in [0.15, 0.2) is 0 Å². The van der Waals surface area contributed by atoms with Crippen molar-refractivity contribution in [3.05, 3.63) is 0 Å². The van der Waals surface area contributed by atoms with Crippen LogP contribution in [0.3, 0.4) is 0 Å². The highest BCUT2D eigenvalue weighted by Gasteiger charge is 2.32. The molecule has 2 rings (SSSR count). The summed E-state index contributed by atoms with van der Waals surface area (Å²) in [5, 5.41) is 3.59. The van der Waals surface area contributed by atoms with E-state index in [-0.39, 0.29) is 0 Å². The quantitative estimate of drug-likeness (QED) is 0.706. The minimum Gasteiger partial charge on any atom is -0.311 e. The molecule has 0 bridgehead atoms. The number of nitrogens with zero attached hydrogens (tertiary/aromatic N) is 1. The Balaban J connectivity index is 1.96. The molecule has 1 N–H and O–H groups in total. The summed E-state index contributed by atoms with van der Waals surface area (Å²) in [6.45, 7) is 12.0. The molecule has 2 heteroatoms. The molecule has 2 aliphatic rings. The first-order chi connectivity index (χ1) is 7.98. The maximum Gasteiger partial charge on any atom is 0.0196 e. The molecule has 0 aromatic heterocycles. The van der Waals surface area contributed by atoms with E-state index < -0.39 is 0 Å². The van der Waals surface area contributed by atoms with Crippen LogP contribution in [0, 0.1) is 5.41 Å². The van der Waals surface area contributed by atoms with E-state index in [1.807, 2.05) is 0 Å². The molecule has 1 heterocycles. The molecular formula is C15H30N2. The molecule has 1 aliphatic heterocycles. The Labute approximate surface area is 107 Å². The first kappa shape index (κ1) is 13.4. The summed E-state index contributed by atoms with van der Waals surface area (Å²) in [5.74, 6) is 0. The Kier molecular flexibility index (Phi) is 4.14. The van der Waals surface area contributed by atoms with Crippen LogP contribution in [0.5, 0.6) is 0 Å². The van der Waals surface area contributed by atoms with Crippen molar-refractivity contribution in [2.45, 2.75) is 77.9 Å². The number of piperazine rings is 1. The maximum absolute atomic E-state index is 3.59. The normalized spacial score (nSPS) is 39.9. The molecule has 2 fully saturated rings. The summed E-state index contributed by atoms with van der Waals surface area (Å²) in [6, 6.07) is 2.23. The van der Waals surface area contributed by atoms with Crippen LogP contribution < -0.4 is 5.32 Å². The van der Waals surface area contributed by atoms with E-state index in [1.165, 1.54) is 45.2 Å². The first-order valence-corrected chi connectivity index (χ1v) is 7.47. The van der Waals surface area contributed by atoms with Gasteiger partial charge in [0.15, 0.2) is 0 Å². The van der Waals surface area contributed by atoms with Gasteiger partial charge in [0, 0.05) is 31.2 Å². The number of hydrogen-bond acceptors (Lipinski definition) is 2. The van der Waals surface area contributed by atoms with Gasteiger partial charge in [-0.15, -0.1) is 0 Å². The van der Waals surface area contributed by atoms with E-state index in [1.54, 1.807) is 0 Å². The van der Waals surface area contributed by atoms with Crippen LogP contribution in [0.25, 0.3) is 0 Å². The standard InChI is InChI=1S/C15H30N2/c1-12-11-17(13(2)10-16-12)14-6-5-8-15(3,4)9-7-14/h12-14,16H,5-11H2,1-4H3. The van der Waals surface area contributed by atoms with Gasteiger partial charge in [0.1, 0.15) is 0 Å². The second kappa shape index (κ2) is 5.27. The first-order valence-electron chi connectivity index (χ1n) is 7.47. The lowest BCUT2D eigenvalue weighted by molar-refractivity contribution is 0.0844. The smallest absolute Gasteiger partial charge is 0.0196 e. The lowest BCUT2D eigenvalue weighted by Gasteiger charge is -2.42. The van der Waals surface area contributed by atoms with E-state index in [9.17, 15) is 0 Å². The van der Waals surface area contributed by atoms with Crippen molar-refractivity contribution in [2.24, 2.45) is 5.41 Å². The van der Waals surface area contributed by atoms with Crippen LogP contribution in [-0.4, -0.2) is 36.1 Å². The van der Waals surface area contributed by atoms with Crippen LogP contribution in [0.1, 0.15) is 59.8 Å². The summed E-state index contributed by atoms with van der Waals surface area (Å²) in [4.78, 5) is 2.78. The molecule has 0 amide bonds. The van der Waals surface area contributed by atoms with Gasteiger partial charge in [-0.1, -0.05) is 20.3 Å².